The molecule has 88 valence electrons. The minimum atomic E-state index is -1.42. The first-order chi connectivity index (χ1) is 8.21. The van der Waals surface area contributed by atoms with Crippen LogP contribution in [0.1, 0.15) is 11.1 Å². The number of carbonyl (C=O) groups is 1. The second-order valence-corrected chi connectivity index (χ2v) is 4.35. The van der Waals surface area contributed by atoms with Crippen LogP contribution in [0.2, 0.25) is 0 Å². The Labute approximate surface area is 103 Å². The average molecular weight is 248 g/mol. The van der Waals surface area contributed by atoms with E-state index in [9.17, 15) is 9.90 Å². The predicted molar refractivity (Wildman–Crippen MR) is 66.2 cm³/mol. The average Bonchev–Trinajstić information content (AvgIpc) is 2.86. The number of hydrogen-bond acceptors (Lipinski definition) is 3. The number of carboxylic acid groups (broad SMARTS) is 1. The largest absolute Gasteiger partial charge is 0.479 e. The van der Waals surface area contributed by atoms with E-state index in [0.717, 1.165) is 0 Å². The molecule has 1 aromatic heterocycles. The van der Waals surface area contributed by atoms with E-state index in [4.69, 9.17) is 4.74 Å². The van der Waals surface area contributed by atoms with Crippen molar-refractivity contribution in [3.8, 4) is 0 Å². The summed E-state index contributed by atoms with van der Waals surface area (Å²) in [5.74, 6) is -1.01. The van der Waals surface area contributed by atoms with Crippen molar-refractivity contribution in [1.29, 1.82) is 0 Å². The maximum atomic E-state index is 11.6. The smallest absolute Gasteiger partial charge is 0.345 e. The highest BCUT2D eigenvalue weighted by Gasteiger charge is 2.42. The lowest BCUT2D eigenvalue weighted by atomic mass is 9.88. The molecule has 1 unspecified atom stereocenters. The first kappa shape index (κ1) is 11.8. The molecule has 0 aliphatic heterocycles. The summed E-state index contributed by atoms with van der Waals surface area (Å²) in [5, 5.41) is 13.2. The van der Waals surface area contributed by atoms with Gasteiger partial charge in [-0.2, -0.15) is 11.3 Å². The number of rotatable bonds is 4. The van der Waals surface area contributed by atoms with E-state index in [1.165, 1.54) is 18.4 Å². The number of thiophene rings is 1. The van der Waals surface area contributed by atoms with Crippen molar-refractivity contribution >= 4 is 17.3 Å². The van der Waals surface area contributed by atoms with Crippen molar-refractivity contribution in [3.63, 3.8) is 0 Å². The van der Waals surface area contributed by atoms with Gasteiger partial charge in [0.25, 0.3) is 0 Å². The van der Waals surface area contributed by atoms with Crippen LogP contribution in [0.5, 0.6) is 0 Å². The number of benzene rings is 1. The van der Waals surface area contributed by atoms with Gasteiger partial charge in [-0.25, -0.2) is 4.79 Å². The zero-order valence-electron chi connectivity index (χ0n) is 9.29. The Morgan fingerprint density at radius 2 is 1.94 bits per heavy atom. The van der Waals surface area contributed by atoms with Gasteiger partial charge in [0.15, 0.2) is 0 Å². The fourth-order valence-corrected chi connectivity index (χ4v) is 2.57. The molecule has 17 heavy (non-hydrogen) atoms. The van der Waals surface area contributed by atoms with Crippen LogP contribution < -0.4 is 0 Å². The normalized spacial score (nSPS) is 14.2. The molecule has 0 aliphatic carbocycles. The lowest BCUT2D eigenvalue weighted by molar-refractivity contribution is -0.158. The molecular formula is C13H12O3S. The van der Waals surface area contributed by atoms with Crippen LogP contribution in [0.3, 0.4) is 0 Å². The predicted octanol–water partition coefficient (Wildman–Crippen LogP) is 2.72. The van der Waals surface area contributed by atoms with Gasteiger partial charge >= 0.3 is 5.97 Å². The van der Waals surface area contributed by atoms with Crippen LogP contribution in [-0.4, -0.2) is 18.2 Å². The summed E-state index contributed by atoms with van der Waals surface area (Å²) in [6.45, 7) is 0. The molecule has 0 saturated heterocycles. The van der Waals surface area contributed by atoms with Gasteiger partial charge in [0.2, 0.25) is 5.60 Å². The van der Waals surface area contributed by atoms with Crippen molar-refractivity contribution in [1.82, 2.24) is 0 Å². The summed E-state index contributed by atoms with van der Waals surface area (Å²) in [4.78, 5) is 11.6. The lowest BCUT2D eigenvalue weighted by Crippen LogP contribution is -2.38. The Balaban J connectivity index is 2.63. The fourth-order valence-electron chi connectivity index (χ4n) is 1.87. The highest BCUT2D eigenvalue weighted by atomic mass is 32.1. The van der Waals surface area contributed by atoms with Gasteiger partial charge < -0.3 is 9.84 Å². The third-order valence-electron chi connectivity index (χ3n) is 2.72. The molecule has 0 bridgehead atoms. The monoisotopic (exact) mass is 248 g/mol. The van der Waals surface area contributed by atoms with E-state index in [1.807, 2.05) is 11.4 Å². The first-order valence-corrected chi connectivity index (χ1v) is 6.03. The maximum Gasteiger partial charge on any atom is 0.345 e. The van der Waals surface area contributed by atoms with Crippen LogP contribution in [0.25, 0.3) is 0 Å². The van der Waals surface area contributed by atoms with E-state index < -0.39 is 11.6 Å². The van der Waals surface area contributed by atoms with Gasteiger partial charge in [-0.1, -0.05) is 30.3 Å². The van der Waals surface area contributed by atoms with Crippen molar-refractivity contribution in [2.75, 3.05) is 7.11 Å². The van der Waals surface area contributed by atoms with Gasteiger partial charge in [0, 0.05) is 12.7 Å². The van der Waals surface area contributed by atoms with E-state index in [2.05, 4.69) is 0 Å². The van der Waals surface area contributed by atoms with Crippen LogP contribution in [0.4, 0.5) is 0 Å². The summed E-state index contributed by atoms with van der Waals surface area (Å²) >= 11 is 1.45. The molecule has 3 nitrogen and oxygen atoms in total. The van der Waals surface area contributed by atoms with Crippen LogP contribution >= 0.6 is 11.3 Å². The standard InChI is InChI=1S/C13H12O3S/c1-16-13(12(14)15,11-7-8-17-9-11)10-5-3-2-4-6-10/h2-9H,1H3,(H,14,15). The summed E-state index contributed by atoms with van der Waals surface area (Å²) in [5.41, 5.74) is -0.154. The van der Waals surface area contributed by atoms with E-state index in [-0.39, 0.29) is 0 Å². The van der Waals surface area contributed by atoms with Crippen molar-refractivity contribution in [2.45, 2.75) is 5.60 Å². The molecule has 0 fully saturated rings. The Bertz CT molecular complexity index is 493. The van der Waals surface area contributed by atoms with Crippen LogP contribution in [0, 0.1) is 0 Å². The second kappa shape index (κ2) is 4.69. The molecular weight excluding hydrogens is 236 g/mol. The molecule has 2 rings (SSSR count). The molecule has 2 aromatic rings. The minimum Gasteiger partial charge on any atom is -0.479 e. The van der Waals surface area contributed by atoms with Gasteiger partial charge in [0.1, 0.15) is 0 Å². The number of aliphatic carboxylic acids is 1. The van der Waals surface area contributed by atoms with E-state index in [1.54, 1.807) is 35.7 Å². The number of carboxylic acids is 1. The van der Waals surface area contributed by atoms with Crippen molar-refractivity contribution in [2.24, 2.45) is 0 Å². The third-order valence-corrected chi connectivity index (χ3v) is 3.40. The van der Waals surface area contributed by atoms with Gasteiger partial charge in [-0.15, -0.1) is 0 Å². The zero-order valence-corrected chi connectivity index (χ0v) is 10.1. The Kier molecular flexibility index (Phi) is 3.26. The topological polar surface area (TPSA) is 46.5 Å². The SMILES string of the molecule is COC(C(=O)O)(c1ccccc1)c1ccsc1. The Morgan fingerprint density at radius 3 is 2.41 bits per heavy atom. The highest BCUT2D eigenvalue weighted by Crippen LogP contribution is 2.34. The molecule has 1 N–H and O–H groups in total. The van der Waals surface area contributed by atoms with Crippen LogP contribution in [-0.2, 0) is 15.1 Å². The molecule has 0 saturated carbocycles. The zero-order chi connectivity index (χ0) is 12.3. The molecule has 0 spiro atoms. The van der Waals surface area contributed by atoms with Crippen LogP contribution in [0.15, 0.2) is 47.2 Å². The second-order valence-electron chi connectivity index (χ2n) is 3.57. The highest BCUT2D eigenvalue weighted by molar-refractivity contribution is 7.08. The maximum absolute atomic E-state index is 11.6. The van der Waals surface area contributed by atoms with E-state index in [0.29, 0.717) is 11.1 Å². The Morgan fingerprint density at radius 1 is 1.24 bits per heavy atom. The van der Waals surface area contributed by atoms with Crippen molar-refractivity contribution < 1.29 is 14.6 Å². The molecule has 0 aliphatic rings. The molecule has 4 heteroatoms. The van der Waals surface area contributed by atoms with Gasteiger partial charge in [0.05, 0.1) is 0 Å². The minimum absolute atomic E-state index is 0.619. The van der Waals surface area contributed by atoms with E-state index >= 15 is 0 Å². The fraction of sp³-hybridized carbons (Fsp3) is 0.154. The number of hydrogen-bond donors (Lipinski definition) is 1. The Hall–Kier alpha value is -1.65. The first-order valence-electron chi connectivity index (χ1n) is 5.08. The number of methoxy groups -OCH3 is 1. The summed E-state index contributed by atoms with van der Waals surface area (Å²) in [6.07, 6.45) is 0. The molecule has 1 aromatic carbocycles. The third kappa shape index (κ3) is 1.85. The quantitative estimate of drug-likeness (QED) is 0.905. The molecule has 1 atom stereocenters. The lowest BCUT2D eigenvalue weighted by Gasteiger charge is -2.27. The summed E-state index contributed by atoms with van der Waals surface area (Å²) < 4.78 is 5.34. The molecule has 1 heterocycles. The summed E-state index contributed by atoms with van der Waals surface area (Å²) in [7, 11) is 1.42. The van der Waals surface area contributed by atoms with Gasteiger partial charge in [-0.3, -0.25) is 0 Å². The molecule has 0 radical (unpaired) electrons. The summed E-state index contributed by atoms with van der Waals surface area (Å²) in [6, 6.07) is 10.7. The molecule has 0 amide bonds. The van der Waals surface area contributed by atoms with Crippen molar-refractivity contribution in [3.05, 3.63) is 58.3 Å². The number of ether oxygens (including phenoxy) is 1. The van der Waals surface area contributed by atoms with Gasteiger partial charge in [-0.05, 0) is 22.4 Å².